The Hall–Kier alpha value is -2.78. The largest absolute Gasteiger partial charge is 0.495 e. The molecule has 3 aromatic rings. The number of nitrogens with zero attached hydrogens (tertiary/aromatic N) is 3. The van der Waals surface area contributed by atoms with Crippen LogP contribution in [-0.4, -0.2) is 65.2 Å². The summed E-state index contributed by atoms with van der Waals surface area (Å²) >= 11 is 1.37. The number of hydrogen-bond acceptors (Lipinski definition) is 6. The number of thioether (sulfide) groups is 1. The summed E-state index contributed by atoms with van der Waals surface area (Å²) in [4.78, 5) is 19.8. The molecule has 0 N–H and O–H groups in total. The van der Waals surface area contributed by atoms with E-state index in [0.29, 0.717) is 23.9 Å². The zero-order chi connectivity index (χ0) is 24.3. The van der Waals surface area contributed by atoms with Crippen LogP contribution in [0.15, 0.2) is 66.0 Å². The summed E-state index contributed by atoms with van der Waals surface area (Å²) in [7, 11) is -1.45. The molecule has 1 fully saturated rings. The highest BCUT2D eigenvalue weighted by Gasteiger charge is 2.36. The van der Waals surface area contributed by atoms with Gasteiger partial charge in [0.25, 0.3) is 0 Å². The van der Waals surface area contributed by atoms with Crippen molar-refractivity contribution >= 4 is 27.5 Å². The van der Waals surface area contributed by atoms with Gasteiger partial charge in [0.2, 0.25) is 5.91 Å². The second-order valence-electron chi connectivity index (χ2n) is 8.24. The fraction of sp³-hybridized carbons (Fsp3) is 0.360. The van der Waals surface area contributed by atoms with Crippen LogP contribution in [0.25, 0.3) is 16.9 Å². The lowest BCUT2D eigenvalue weighted by Gasteiger charge is -2.29. The van der Waals surface area contributed by atoms with Crippen LogP contribution in [0.3, 0.4) is 0 Å². The van der Waals surface area contributed by atoms with Crippen LogP contribution in [-0.2, 0) is 14.6 Å². The molecule has 0 saturated carbocycles. The third-order valence-corrected chi connectivity index (χ3v) is 8.83. The quantitative estimate of drug-likeness (QED) is 0.435. The van der Waals surface area contributed by atoms with Crippen LogP contribution in [0, 0.1) is 0 Å². The van der Waals surface area contributed by atoms with Gasteiger partial charge in [0.05, 0.1) is 41.4 Å². The molecular weight excluding hydrogens is 470 g/mol. The lowest BCUT2D eigenvalue weighted by atomic mass is 10.1. The highest BCUT2D eigenvalue weighted by atomic mass is 32.2. The molecule has 7 nitrogen and oxygen atoms in total. The first-order chi connectivity index (χ1) is 16.3. The van der Waals surface area contributed by atoms with Gasteiger partial charge in [-0.15, -0.1) is 0 Å². The molecular formula is C25H29N3O4S2. The van der Waals surface area contributed by atoms with Crippen molar-refractivity contribution < 1.29 is 17.9 Å². The van der Waals surface area contributed by atoms with Crippen LogP contribution in [0.4, 0.5) is 0 Å². The molecule has 1 aliphatic rings. The zero-order valence-electron chi connectivity index (χ0n) is 19.5. The molecule has 1 amide bonds. The molecule has 0 bridgehead atoms. The van der Waals surface area contributed by atoms with Crippen molar-refractivity contribution in [2.45, 2.75) is 36.7 Å². The van der Waals surface area contributed by atoms with Crippen molar-refractivity contribution in [2.75, 3.05) is 25.2 Å². The molecule has 1 saturated heterocycles. The lowest BCUT2D eigenvalue weighted by Crippen LogP contribution is -2.44. The zero-order valence-corrected chi connectivity index (χ0v) is 21.2. The summed E-state index contributed by atoms with van der Waals surface area (Å²) < 4.78 is 31.6. The van der Waals surface area contributed by atoms with E-state index in [2.05, 4.69) is 4.98 Å². The predicted molar refractivity (Wildman–Crippen MR) is 135 cm³/mol. The second-order valence-corrected chi connectivity index (χ2v) is 11.8. The molecule has 0 aliphatic carbocycles. The summed E-state index contributed by atoms with van der Waals surface area (Å²) in [5.74, 6) is 0.801. The maximum atomic E-state index is 13.4. The third kappa shape index (κ3) is 5.00. The third-order valence-electron chi connectivity index (χ3n) is 6.03. The van der Waals surface area contributed by atoms with Gasteiger partial charge in [-0.2, -0.15) is 0 Å². The molecule has 4 rings (SSSR count). The number of rotatable bonds is 8. The number of sulfone groups is 1. The van der Waals surface area contributed by atoms with Crippen molar-refractivity contribution in [3.8, 4) is 22.7 Å². The van der Waals surface area contributed by atoms with Crippen molar-refractivity contribution in [3.05, 3.63) is 60.8 Å². The first-order valence-electron chi connectivity index (χ1n) is 11.3. The standard InChI is InChI=1S/C25H29N3O4S2/c1-4-27(20-14-15-34(30,31)17-20)24(29)18(2)33-25-26-16-22(19-10-6-5-7-11-19)28(25)21-12-8-9-13-23(21)32-3/h5-13,16,18,20H,4,14-15,17H2,1-3H3/t18-,20+/m0/s1. The number of carbonyl (C=O) groups is 1. The number of para-hydroxylation sites is 2. The second kappa shape index (κ2) is 10.2. The Kier molecular flexibility index (Phi) is 7.33. The summed E-state index contributed by atoms with van der Waals surface area (Å²) in [6.07, 6.45) is 2.30. The predicted octanol–water partition coefficient (Wildman–Crippen LogP) is 4.06. The van der Waals surface area contributed by atoms with Crippen molar-refractivity contribution in [1.82, 2.24) is 14.5 Å². The minimum absolute atomic E-state index is 0.0396. The molecule has 0 radical (unpaired) electrons. The summed E-state index contributed by atoms with van der Waals surface area (Å²) in [6.45, 7) is 4.21. The van der Waals surface area contributed by atoms with Crippen LogP contribution in [0.2, 0.25) is 0 Å². The molecule has 0 unspecified atom stereocenters. The number of aromatic nitrogens is 2. The van der Waals surface area contributed by atoms with Gasteiger partial charge in [0.15, 0.2) is 15.0 Å². The normalized spacial score (nSPS) is 17.9. The molecule has 1 aliphatic heterocycles. The van der Waals surface area contributed by atoms with Gasteiger partial charge in [-0.05, 0) is 32.4 Å². The molecule has 2 heterocycles. The number of hydrogen-bond donors (Lipinski definition) is 0. The molecule has 180 valence electrons. The molecule has 1 aromatic heterocycles. The highest BCUT2D eigenvalue weighted by Crippen LogP contribution is 2.35. The smallest absolute Gasteiger partial charge is 0.236 e. The SMILES string of the molecule is CCN(C(=O)[C@H](C)Sc1ncc(-c2ccccc2)n1-c1ccccc1OC)[C@@H]1CCS(=O)(=O)C1. The van der Waals surface area contributed by atoms with E-state index < -0.39 is 15.1 Å². The highest BCUT2D eigenvalue weighted by molar-refractivity contribution is 8.00. The van der Waals surface area contributed by atoms with E-state index in [0.717, 1.165) is 16.9 Å². The van der Waals surface area contributed by atoms with Gasteiger partial charge in [-0.3, -0.25) is 9.36 Å². The molecule has 2 atom stereocenters. The van der Waals surface area contributed by atoms with E-state index >= 15 is 0 Å². The maximum Gasteiger partial charge on any atom is 0.236 e. The monoisotopic (exact) mass is 499 g/mol. The fourth-order valence-corrected chi connectivity index (χ4v) is 7.03. The maximum absolute atomic E-state index is 13.4. The fourth-order valence-electron chi connectivity index (χ4n) is 4.34. The van der Waals surface area contributed by atoms with Crippen LogP contribution < -0.4 is 4.74 Å². The van der Waals surface area contributed by atoms with Gasteiger partial charge in [0, 0.05) is 18.2 Å². The van der Waals surface area contributed by atoms with E-state index in [1.807, 2.05) is 79.2 Å². The van der Waals surface area contributed by atoms with Crippen LogP contribution >= 0.6 is 11.8 Å². The van der Waals surface area contributed by atoms with E-state index in [-0.39, 0.29) is 23.5 Å². The number of amides is 1. The average molecular weight is 500 g/mol. The van der Waals surface area contributed by atoms with Crippen molar-refractivity contribution in [1.29, 1.82) is 0 Å². The molecule has 0 spiro atoms. The molecule has 34 heavy (non-hydrogen) atoms. The lowest BCUT2D eigenvalue weighted by molar-refractivity contribution is -0.131. The summed E-state index contributed by atoms with van der Waals surface area (Å²) in [6, 6.07) is 17.4. The average Bonchev–Trinajstić information content (AvgIpc) is 3.42. The topological polar surface area (TPSA) is 81.5 Å². The van der Waals surface area contributed by atoms with Crippen LogP contribution in [0.1, 0.15) is 20.3 Å². The van der Waals surface area contributed by atoms with E-state index in [4.69, 9.17) is 4.74 Å². The molecule has 9 heteroatoms. The first-order valence-corrected chi connectivity index (χ1v) is 14.0. The van der Waals surface area contributed by atoms with Crippen molar-refractivity contribution in [3.63, 3.8) is 0 Å². The first kappa shape index (κ1) is 24.3. The Bertz CT molecular complexity index is 1260. The number of ether oxygens (including phenoxy) is 1. The number of methoxy groups -OCH3 is 1. The van der Waals surface area contributed by atoms with E-state index in [1.54, 1.807) is 12.0 Å². The van der Waals surface area contributed by atoms with Gasteiger partial charge >= 0.3 is 0 Å². The van der Waals surface area contributed by atoms with Crippen LogP contribution in [0.5, 0.6) is 5.75 Å². The Morgan fingerprint density at radius 2 is 1.91 bits per heavy atom. The Morgan fingerprint density at radius 3 is 2.56 bits per heavy atom. The minimum atomic E-state index is -3.08. The summed E-state index contributed by atoms with van der Waals surface area (Å²) in [5.41, 5.74) is 2.72. The van der Waals surface area contributed by atoms with Gasteiger partial charge in [-0.1, -0.05) is 54.2 Å². The Balaban J connectivity index is 1.68. The summed E-state index contributed by atoms with van der Waals surface area (Å²) in [5, 5.41) is 0.224. The van der Waals surface area contributed by atoms with Crippen molar-refractivity contribution in [2.24, 2.45) is 0 Å². The van der Waals surface area contributed by atoms with E-state index in [1.165, 1.54) is 11.8 Å². The van der Waals surface area contributed by atoms with Gasteiger partial charge in [-0.25, -0.2) is 13.4 Å². The Labute approximate surface area is 205 Å². The minimum Gasteiger partial charge on any atom is -0.495 e. The van der Waals surface area contributed by atoms with E-state index in [9.17, 15) is 13.2 Å². The number of benzene rings is 2. The number of imidazole rings is 1. The Morgan fingerprint density at radius 1 is 1.21 bits per heavy atom. The molecule has 2 aromatic carbocycles. The van der Waals surface area contributed by atoms with Gasteiger partial charge < -0.3 is 9.64 Å². The van der Waals surface area contributed by atoms with Gasteiger partial charge in [0.1, 0.15) is 5.75 Å². The number of carbonyl (C=O) groups excluding carboxylic acids is 1.